The minimum Gasteiger partial charge on any atom is -0.479 e. The van der Waals surface area contributed by atoms with Crippen molar-refractivity contribution in [2.45, 2.75) is 33.0 Å². The lowest BCUT2D eigenvalue weighted by molar-refractivity contribution is -0.159. The summed E-state index contributed by atoms with van der Waals surface area (Å²) < 4.78 is 23.4. The smallest absolute Gasteiger partial charge is 0.347 e. The highest BCUT2D eigenvalue weighted by molar-refractivity contribution is 6.31. The van der Waals surface area contributed by atoms with Gasteiger partial charge in [0.25, 0.3) is 5.91 Å². The summed E-state index contributed by atoms with van der Waals surface area (Å²) in [6.45, 7) is 4.76. The Labute approximate surface area is 156 Å². The van der Waals surface area contributed by atoms with Crippen molar-refractivity contribution in [1.82, 2.24) is 0 Å². The third kappa shape index (κ3) is 5.46. The summed E-state index contributed by atoms with van der Waals surface area (Å²) >= 11 is 5.92. The van der Waals surface area contributed by atoms with Gasteiger partial charge in [-0.2, -0.15) is 0 Å². The summed E-state index contributed by atoms with van der Waals surface area (Å²) in [7, 11) is 0. The molecule has 2 aromatic rings. The first-order chi connectivity index (χ1) is 12.3. The molecule has 0 unspecified atom stereocenters. The number of benzene rings is 2. The van der Waals surface area contributed by atoms with Crippen molar-refractivity contribution in [3.05, 3.63) is 58.9 Å². The van der Waals surface area contributed by atoms with E-state index < -0.39 is 29.9 Å². The Kier molecular flexibility index (Phi) is 6.58. The molecule has 0 saturated carbocycles. The van der Waals surface area contributed by atoms with Gasteiger partial charge in [-0.25, -0.2) is 9.18 Å². The van der Waals surface area contributed by atoms with Gasteiger partial charge in [0.15, 0.2) is 12.2 Å². The Morgan fingerprint density at radius 3 is 2.38 bits per heavy atom. The number of hydrogen-bond donors (Lipinski definition) is 1. The molecule has 0 radical (unpaired) electrons. The van der Waals surface area contributed by atoms with Gasteiger partial charge in [-0.05, 0) is 62.7 Å². The standard InChI is InChI=1S/C19H19ClFNO4/c1-11-4-5-14(20)10-17(11)22-18(23)12(2)26-19(24)13(3)25-16-8-6-15(21)7-9-16/h4-10,12-13H,1-3H3,(H,22,23)/t12-,13+/m1/s1. The number of ether oxygens (including phenoxy) is 2. The van der Waals surface area contributed by atoms with E-state index in [4.69, 9.17) is 21.1 Å². The molecular weight excluding hydrogens is 361 g/mol. The molecule has 1 N–H and O–H groups in total. The van der Waals surface area contributed by atoms with E-state index in [1.165, 1.54) is 38.1 Å². The molecule has 2 aromatic carbocycles. The molecule has 0 aliphatic heterocycles. The fourth-order valence-electron chi connectivity index (χ4n) is 2.05. The molecule has 5 nitrogen and oxygen atoms in total. The van der Waals surface area contributed by atoms with E-state index >= 15 is 0 Å². The molecule has 2 rings (SSSR count). The SMILES string of the molecule is Cc1ccc(Cl)cc1NC(=O)[C@@H](C)OC(=O)[C@H](C)Oc1ccc(F)cc1. The summed E-state index contributed by atoms with van der Waals surface area (Å²) in [5.74, 6) is -1.28. The van der Waals surface area contributed by atoms with Crippen molar-refractivity contribution in [3.8, 4) is 5.75 Å². The van der Waals surface area contributed by atoms with Crippen LogP contribution in [0.1, 0.15) is 19.4 Å². The number of esters is 1. The number of carbonyl (C=O) groups is 2. The van der Waals surface area contributed by atoms with Gasteiger partial charge < -0.3 is 14.8 Å². The van der Waals surface area contributed by atoms with E-state index in [9.17, 15) is 14.0 Å². The van der Waals surface area contributed by atoms with Crippen molar-refractivity contribution < 1.29 is 23.5 Å². The van der Waals surface area contributed by atoms with E-state index in [0.29, 0.717) is 16.5 Å². The van der Waals surface area contributed by atoms with Gasteiger partial charge in [-0.3, -0.25) is 4.79 Å². The lowest BCUT2D eigenvalue weighted by atomic mass is 10.2. The molecule has 1 amide bonds. The van der Waals surface area contributed by atoms with Crippen molar-refractivity contribution >= 4 is 29.2 Å². The zero-order valence-corrected chi connectivity index (χ0v) is 15.3. The van der Waals surface area contributed by atoms with E-state index in [2.05, 4.69) is 5.32 Å². The van der Waals surface area contributed by atoms with Gasteiger partial charge in [0.05, 0.1) is 0 Å². The molecule has 0 fully saturated rings. The van der Waals surface area contributed by atoms with Gasteiger partial charge in [-0.15, -0.1) is 0 Å². The van der Waals surface area contributed by atoms with Crippen LogP contribution >= 0.6 is 11.6 Å². The number of carbonyl (C=O) groups excluding carboxylic acids is 2. The summed E-state index contributed by atoms with van der Waals surface area (Å²) in [6, 6.07) is 10.3. The lowest BCUT2D eigenvalue weighted by Gasteiger charge is -2.18. The van der Waals surface area contributed by atoms with Crippen LogP contribution in [-0.4, -0.2) is 24.1 Å². The molecule has 0 aromatic heterocycles. The van der Waals surface area contributed by atoms with Crippen LogP contribution in [0.5, 0.6) is 5.75 Å². The maximum absolute atomic E-state index is 12.9. The highest BCUT2D eigenvalue weighted by atomic mass is 35.5. The normalized spacial score (nSPS) is 12.8. The van der Waals surface area contributed by atoms with Crippen LogP contribution in [0.3, 0.4) is 0 Å². The van der Waals surface area contributed by atoms with Crippen molar-refractivity contribution in [2.75, 3.05) is 5.32 Å². The predicted octanol–water partition coefficient (Wildman–Crippen LogP) is 4.13. The largest absolute Gasteiger partial charge is 0.479 e. The minimum atomic E-state index is -1.03. The molecule has 7 heteroatoms. The van der Waals surface area contributed by atoms with E-state index in [0.717, 1.165) is 5.56 Å². The summed E-state index contributed by atoms with van der Waals surface area (Å²) in [6.07, 6.45) is -1.98. The fourth-order valence-corrected chi connectivity index (χ4v) is 2.22. The zero-order chi connectivity index (χ0) is 19.3. The summed E-state index contributed by atoms with van der Waals surface area (Å²) in [4.78, 5) is 24.3. The number of halogens is 2. The second-order valence-corrected chi connectivity index (χ2v) is 6.18. The Morgan fingerprint density at radius 1 is 1.08 bits per heavy atom. The monoisotopic (exact) mass is 379 g/mol. The molecule has 0 heterocycles. The number of aryl methyl sites for hydroxylation is 1. The van der Waals surface area contributed by atoms with Crippen LogP contribution in [0.25, 0.3) is 0 Å². The Hall–Kier alpha value is -2.60. The molecule has 0 aliphatic carbocycles. The quantitative estimate of drug-likeness (QED) is 0.766. The van der Waals surface area contributed by atoms with Crippen LogP contribution in [0.2, 0.25) is 5.02 Å². The zero-order valence-electron chi connectivity index (χ0n) is 14.6. The van der Waals surface area contributed by atoms with Crippen molar-refractivity contribution in [3.63, 3.8) is 0 Å². The first-order valence-electron chi connectivity index (χ1n) is 7.96. The molecule has 2 atom stereocenters. The maximum Gasteiger partial charge on any atom is 0.347 e. The highest BCUT2D eigenvalue weighted by Gasteiger charge is 2.23. The van der Waals surface area contributed by atoms with Crippen LogP contribution in [0.4, 0.5) is 10.1 Å². The Balaban J connectivity index is 1.91. The van der Waals surface area contributed by atoms with Gasteiger partial charge in [-0.1, -0.05) is 17.7 Å². The summed E-state index contributed by atoms with van der Waals surface area (Å²) in [5.41, 5.74) is 1.37. The van der Waals surface area contributed by atoms with Gasteiger partial charge in [0.1, 0.15) is 11.6 Å². The molecule has 0 bridgehead atoms. The summed E-state index contributed by atoms with van der Waals surface area (Å²) in [5, 5.41) is 3.15. The fraction of sp³-hybridized carbons (Fsp3) is 0.263. The van der Waals surface area contributed by atoms with Crippen molar-refractivity contribution in [2.24, 2.45) is 0 Å². The second-order valence-electron chi connectivity index (χ2n) is 5.74. The number of nitrogens with one attached hydrogen (secondary N) is 1. The third-order valence-corrected chi connectivity index (χ3v) is 3.81. The molecule has 0 spiro atoms. The van der Waals surface area contributed by atoms with Gasteiger partial charge >= 0.3 is 5.97 Å². The molecule has 138 valence electrons. The minimum absolute atomic E-state index is 0.322. The first kappa shape index (κ1) is 19.7. The number of anilines is 1. The van der Waals surface area contributed by atoms with E-state index in [1.807, 2.05) is 6.92 Å². The number of rotatable bonds is 6. The Morgan fingerprint density at radius 2 is 1.73 bits per heavy atom. The maximum atomic E-state index is 12.9. The lowest BCUT2D eigenvalue weighted by Crippen LogP contribution is -2.35. The highest BCUT2D eigenvalue weighted by Crippen LogP contribution is 2.20. The average molecular weight is 380 g/mol. The topological polar surface area (TPSA) is 64.6 Å². The van der Waals surface area contributed by atoms with Crippen LogP contribution in [0, 0.1) is 12.7 Å². The van der Waals surface area contributed by atoms with Crippen LogP contribution < -0.4 is 10.1 Å². The third-order valence-electron chi connectivity index (χ3n) is 3.58. The van der Waals surface area contributed by atoms with Crippen molar-refractivity contribution in [1.29, 1.82) is 0 Å². The Bertz CT molecular complexity index is 795. The number of hydrogen-bond acceptors (Lipinski definition) is 4. The van der Waals surface area contributed by atoms with Crippen LogP contribution in [0.15, 0.2) is 42.5 Å². The second kappa shape index (κ2) is 8.67. The molecule has 0 saturated heterocycles. The van der Waals surface area contributed by atoms with E-state index in [1.54, 1.807) is 18.2 Å². The first-order valence-corrected chi connectivity index (χ1v) is 8.34. The molecular formula is C19H19ClFNO4. The van der Waals surface area contributed by atoms with Crippen LogP contribution in [-0.2, 0) is 14.3 Å². The van der Waals surface area contributed by atoms with E-state index in [-0.39, 0.29) is 0 Å². The van der Waals surface area contributed by atoms with Gasteiger partial charge in [0.2, 0.25) is 0 Å². The number of amides is 1. The van der Waals surface area contributed by atoms with Gasteiger partial charge in [0, 0.05) is 10.7 Å². The molecule has 0 aliphatic rings. The average Bonchev–Trinajstić information content (AvgIpc) is 2.59. The predicted molar refractivity (Wildman–Crippen MR) is 96.9 cm³/mol. The molecule has 26 heavy (non-hydrogen) atoms.